The van der Waals surface area contributed by atoms with E-state index in [2.05, 4.69) is 0 Å². The molecule has 15 unspecified atom stereocenters. The van der Waals surface area contributed by atoms with Crippen molar-refractivity contribution in [2.45, 2.75) is 99.0 Å². The van der Waals surface area contributed by atoms with Crippen molar-refractivity contribution < 1.29 is 83.9 Å². The molecule has 258 valence electrons. The van der Waals surface area contributed by atoms with Crippen molar-refractivity contribution in [3.63, 3.8) is 0 Å². The van der Waals surface area contributed by atoms with Crippen molar-refractivity contribution in [1.82, 2.24) is 0 Å². The fraction of sp³-hybridized carbons (Fsp3) is 0.679. The van der Waals surface area contributed by atoms with Gasteiger partial charge in [-0.05, 0) is 24.6 Å². The summed E-state index contributed by atoms with van der Waals surface area (Å²) in [5.74, 6) is 0.0962. The lowest BCUT2D eigenvalue weighted by atomic mass is 9.96. The zero-order chi connectivity index (χ0) is 33.4. The fourth-order valence-electron chi connectivity index (χ4n) is 5.65. The van der Waals surface area contributed by atoms with Gasteiger partial charge >= 0.3 is 5.63 Å². The van der Waals surface area contributed by atoms with Crippen LogP contribution in [0, 0.1) is 6.92 Å². The molecule has 3 fully saturated rings. The molecule has 18 heteroatoms. The van der Waals surface area contributed by atoms with Crippen LogP contribution in [0.25, 0.3) is 11.0 Å². The van der Waals surface area contributed by atoms with E-state index in [4.69, 9.17) is 32.8 Å². The van der Waals surface area contributed by atoms with Crippen LogP contribution in [0.15, 0.2) is 33.5 Å². The topological polar surface area (TPSA) is 288 Å². The van der Waals surface area contributed by atoms with Crippen LogP contribution in [0.3, 0.4) is 0 Å². The molecule has 0 bridgehead atoms. The molecular weight excluding hydrogens is 624 g/mol. The Balaban J connectivity index is 1.26. The molecule has 3 saturated heterocycles. The number of hydrogen-bond acceptors (Lipinski definition) is 18. The van der Waals surface area contributed by atoms with Gasteiger partial charge in [0.05, 0.1) is 19.8 Å². The molecule has 46 heavy (non-hydrogen) atoms. The van der Waals surface area contributed by atoms with E-state index >= 15 is 0 Å². The molecule has 10 N–H and O–H groups in total. The molecule has 3 aliphatic rings. The summed E-state index contributed by atoms with van der Waals surface area (Å²) in [6.45, 7) is -0.662. The van der Waals surface area contributed by atoms with E-state index in [9.17, 15) is 55.9 Å². The summed E-state index contributed by atoms with van der Waals surface area (Å²) in [7, 11) is 0. The summed E-state index contributed by atoms with van der Waals surface area (Å²) in [6.07, 6.45) is -25.3. The second kappa shape index (κ2) is 14.4. The number of benzene rings is 1. The average molecular weight is 663 g/mol. The molecule has 0 saturated carbocycles. The highest BCUT2D eigenvalue weighted by atomic mass is 16.8. The average Bonchev–Trinajstić information content (AvgIpc) is 3.03. The first-order valence-electron chi connectivity index (χ1n) is 14.5. The molecule has 0 amide bonds. The van der Waals surface area contributed by atoms with E-state index in [1.54, 1.807) is 13.0 Å². The van der Waals surface area contributed by atoms with Gasteiger partial charge in [-0.1, -0.05) is 0 Å². The molecular formula is C28H38O18. The SMILES string of the molecule is Cc1cc(=O)oc2cc(OC3OC(CO)C(OC4OC(CO)C(OC5OC(CO)C(O)C(O)C5O)C(O)C4O)C(O)C3O)ccc12. The number of fused-ring (bicyclic) bond motifs is 1. The highest BCUT2D eigenvalue weighted by molar-refractivity contribution is 5.81. The van der Waals surface area contributed by atoms with Gasteiger partial charge in [0.25, 0.3) is 0 Å². The van der Waals surface area contributed by atoms with Crippen molar-refractivity contribution in [3.05, 3.63) is 40.2 Å². The summed E-state index contributed by atoms with van der Waals surface area (Å²) in [5.41, 5.74) is 0.275. The van der Waals surface area contributed by atoms with E-state index in [1.807, 2.05) is 0 Å². The fourth-order valence-corrected chi connectivity index (χ4v) is 5.65. The van der Waals surface area contributed by atoms with E-state index in [0.717, 1.165) is 0 Å². The maximum atomic E-state index is 11.8. The largest absolute Gasteiger partial charge is 0.462 e. The lowest BCUT2D eigenvalue weighted by molar-refractivity contribution is -0.376. The van der Waals surface area contributed by atoms with Gasteiger partial charge in [-0.15, -0.1) is 0 Å². The number of rotatable bonds is 9. The second-order valence-electron chi connectivity index (χ2n) is 11.3. The van der Waals surface area contributed by atoms with E-state index < -0.39 is 118 Å². The van der Waals surface area contributed by atoms with Crippen LogP contribution in [0.4, 0.5) is 0 Å². The molecule has 15 atom stereocenters. The maximum absolute atomic E-state index is 11.8. The molecule has 18 nitrogen and oxygen atoms in total. The molecule has 0 aliphatic carbocycles. The summed E-state index contributed by atoms with van der Waals surface area (Å²) in [4.78, 5) is 11.8. The van der Waals surface area contributed by atoms with Crippen LogP contribution < -0.4 is 10.4 Å². The minimum atomic E-state index is -1.95. The quantitative estimate of drug-likeness (QED) is 0.112. The van der Waals surface area contributed by atoms with Gasteiger partial charge < -0.3 is 83.9 Å². The molecule has 2 aromatic rings. The third-order valence-corrected chi connectivity index (χ3v) is 8.25. The molecule has 4 heterocycles. The van der Waals surface area contributed by atoms with Crippen molar-refractivity contribution in [3.8, 4) is 5.75 Å². The van der Waals surface area contributed by atoms with Crippen LogP contribution in [0.1, 0.15) is 5.56 Å². The highest BCUT2D eigenvalue weighted by Gasteiger charge is 2.53. The van der Waals surface area contributed by atoms with E-state index in [0.29, 0.717) is 10.9 Å². The minimum absolute atomic E-state index is 0.0962. The molecule has 3 aliphatic heterocycles. The smallest absolute Gasteiger partial charge is 0.336 e. The summed E-state index contributed by atoms with van der Waals surface area (Å²) >= 11 is 0. The number of aliphatic hydroxyl groups is 10. The third kappa shape index (κ3) is 6.79. The predicted molar refractivity (Wildman–Crippen MR) is 147 cm³/mol. The van der Waals surface area contributed by atoms with Crippen molar-refractivity contribution in [2.24, 2.45) is 0 Å². The Morgan fingerprint density at radius 3 is 1.70 bits per heavy atom. The van der Waals surface area contributed by atoms with Crippen LogP contribution in [-0.4, -0.2) is 163 Å². The van der Waals surface area contributed by atoms with Gasteiger partial charge in [0, 0.05) is 17.5 Å². The highest BCUT2D eigenvalue weighted by Crippen LogP contribution is 2.33. The van der Waals surface area contributed by atoms with Crippen molar-refractivity contribution in [2.75, 3.05) is 19.8 Å². The Labute approximate surface area is 260 Å². The first-order valence-corrected chi connectivity index (χ1v) is 14.5. The van der Waals surface area contributed by atoms with Gasteiger partial charge in [0.1, 0.15) is 84.6 Å². The Bertz CT molecular complexity index is 1370. The number of aryl methyl sites for hydroxylation is 1. The Kier molecular flexibility index (Phi) is 10.9. The van der Waals surface area contributed by atoms with Crippen molar-refractivity contribution >= 4 is 11.0 Å². The minimum Gasteiger partial charge on any atom is -0.462 e. The zero-order valence-corrected chi connectivity index (χ0v) is 24.3. The molecule has 1 aromatic heterocycles. The van der Waals surface area contributed by atoms with Crippen LogP contribution >= 0.6 is 0 Å². The zero-order valence-electron chi connectivity index (χ0n) is 24.3. The standard InChI is InChI=1S/C28H38O18/c1-9-4-16(32)41-12-5-10(2-3-11(9)12)40-26-22(38)19(35)24(14(7-30)43-26)46-28-23(39)20(36)25(15(8-31)44-28)45-27-21(37)18(34)17(33)13(6-29)42-27/h2-5,13-15,17-31,33-39H,6-8H2,1H3. The van der Waals surface area contributed by atoms with E-state index in [1.165, 1.54) is 18.2 Å². The summed E-state index contributed by atoms with van der Waals surface area (Å²) < 4.78 is 38.5. The Morgan fingerprint density at radius 2 is 1.13 bits per heavy atom. The second-order valence-corrected chi connectivity index (χ2v) is 11.3. The summed E-state index contributed by atoms with van der Waals surface area (Å²) in [6, 6.07) is 5.83. The van der Waals surface area contributed by atoms with Crippen molar-refractivity contribution in [1.29, 1.82) is 0 Å². The monoisotopic (exact) mass is 662 g/mol. The maximum Gasteiger partial charge on any atom is 0.336 e. The van der Waals surface area contributed by atoms with Gasteiger partial charge in [0.15, 0.2) is 12.6 Å². The lowest BCUT2D eigenvalue weighted by Crippen LogP contribution is -2.66. The molecule has 0 radical (unpaired) electrons. The number of ether oxygens (including phenoxy) is 6. The summed E-state index contributed by atoms with van der Waals surface area (Å²) in [5, 5.41) is 104. The Morgan fingerprint density at radius 1 is 0.630 bits per heavy atom. The van der Waals surface area contributed by atoms with Crippen LogP contribution in [0.5, 0.6) is 5.75 Å². The van der Waals surface area contributed by atoms with Crippen LogP contribution in [-0.2, 0) is 23.7 Å². The molecule has 1 aromatic carbocycles. The number of aliphatic hydroxyl groups excluding tert-OH is 10. The van der Waals surface area contributed by atoms with Gasteiger partial charge in [-0.3, -0.25) is 0 Å². The lowest BCUT2D eigenvalue weighted by Gasteiger charge is -2.48. The van der Waals surface area contributed by atoms with Crippen LogP contribution in [0.2, 0.25) is 0 Å². The molecule has 0 spiro atoms. The normalized spacial score (nSPS) is 41.8. The van der Waals surface area contributed by atoms with Gasteiger partial charge in [0.2, 0.25) is 6.29 Å². The molecule has 5 rings (SSSR count). The first-order chi connectivity index (χ1) is 21.9. The number of hydrogen-bond donors (Lipinski definition) is 10. The predicted octanol–water partition coefficient (Wildman–Crippen LogP) is -5.07. The first kappa shape index (κ1) is 35.0. The van der Waals surface area contributed by atoms with Gasteiger partial charge in [-0.25, -0.2) is 4.79 Å². The Hall–Kier alpha value is -2.37. The third-order valence-electron chi connectivity index (χ3n) is 8.25. The van der Waals surface area contributed by atoms with Gasteiger partial charge in [-0.2, -0.15) is 0 Å². The van der Waals surface area contributed by atoms with E-state index in [-0.39, 0.29) is 11.3 Å².